The summed E-state index contributed by atoms with van der Waals surface area (Å²) in [5, 5.41) is 11.7. The number of nitrogens with one attached hydrogen (secondary N) is 1. The number of carbonyl (C=O) groups excluding carboxylic acids is 1. The summed E-state index contributed by atoms with van der Waals surface area (Å²) in [6.07, 6.45) is -0.838. The minimum Gasteiger partial charge on any atom is -0.479 e. The zero-order chi connectivity index (χ0) is 15.2. The number of carboxylic acids is 1. The standard InChI is InChI=1S/C15H19NO5/c1-2-20-9-10-5-3-4-6-11(10)16-14(17)12-7-8-13(21-12)15(18)19/h3-6,12-13H,2,7-9H2,1H3,(H,16,17)(H,18,19)/t12-,13+/m0/s1. The Hall–Kier alpha value is -1.92. The SMILES string of the molecule is CCOCc1ccccc1NC(=O)[C@@H]1CC[C@H](C(=O)O)O1. The van der Waals surface area contributed by atoms with Gasteiger partial charge in [-0.1, -0.05) is 18.2 Å². The number of anilines is 1. The predicted molar refractivity (Wildman–Crippen MR) is 75.9 cm³/mol. The van der Waals surface area contributed by atoms with Crippen molar-refractivity contribution in [3.8, 4) is 0 Å². The van der Waals surface area contributed by atoms with Crippen LogP contribution in [0.2, 0.25) is 0 Å². The first-order valence-electron chi connectivity index (χ1n) is 6.96. The fourth-order valence-corrected chi connectivity index (χ4v) is 2.21. The average molecular weight is 293 g/mol. The summed E-state index contributed by atoms with van der Waals surface area (Å²) in [6, 6.07) is 7.36. The molecule has 1 fully saturated rings. The predicted octanol–water partition coefficient (Wildman–Crippen LogP) is 1.79. The van der Waals surface area contributed by atoms with E-state index in [9.17, 15) is 9.59 Å². The minimum absolute atomic E-state index is 0.317. The molecule has 2 atom stereocenters. The lowest BCUT2D eigenvalue weighted by Crippen LogP contribution is -2.30. The number of amides is 1. The van der Waals surface area contributed by atoms with Gasteiger partial charge in [-0.15, -0.1) is 0 Å². The number of benzene rings is 1. The topological polar surface area (TPSA) is 84.9 Å². The molecule has 6 heteroatoms. The maximum absolute atomic E-state index is 12.1. The van der Waals surface area contributed by atoms with E-state index in [1.807, 2.05) is 25.1 Å². The van der Waals surface area contributed by atoms with Crippen molar-refractivity contribution < 1.29 is 24.2 Å². The molecule has 1 heterocycles. The largest absolute Gasteiger partial charge is 0.479 e. The Morgan fingerprint density at radius 3 is 2.71 bits per heavy atom. The maximum atomic E-state index is 12.1. The molecule has 2 rings (SSSR count). The monoisotopic (exact) mass is 293 g/mol. The molecule has 1 aliphatic heterocycles. The molecule has 1 aromatic rings. The highest BCUT2D eigenvalue weighted by atomic mass is 16.5. The third-order valence-corrected chi connectivity index (χ3v) is 3.32. The van der Waals surface area contributed by atoms with E-state index in [-0.39, 0.29) is 5.91 Å². The van der Waals surface area contributed by atoms with E-state index >= 15 is 0 Å². The van der Waals surface area contributed by atoms with Gasteiger partial charge in [-0.25, -0.2) is 4.79 Å². The number of para-hydroxylation sites is 1. The van der Waals surface area contributed by atoms with Crippen LogP contribution in [-0.4, -0.2) is 35.8 Å². The van der Waals surface area contributed by atoms with Gasteiger partial charge in [-0.2, -0.15) is 0 Å². The molecular formula is C15H19NO5. The Kier molecular flexibility index (Phi) is 5.30. The molecule has 0 spiro atoms. The molecule has 6 nitrogen and oxygen atoms in total. The van der Waals surface area contributed by atoms with Gasteiger partial charge >= 0.3 is 5.97 Å². The van der Waals surface area contributed by atoms with Crippen molar-refractivity contribution in [3.05, 3.63) is 29.8 Å². The molecule has 0 radical (unpaired) electrons. The summed E-state index contributed by atoms with van der Waals surface area (Å²) in [5.74, 6) is -1.34. The van der Waals surface area contributed by atoms with E-state index in [0.717, 1.165) is 5.56 Å². The zero-order valence-electron chi connectivity index (χ0n) is 11.9. The van der Waals surface area contributed by atoms with E-state index in [2.05, 4.69) is 5.32 Å². The van der Waals surface area contributed by atoms with Crippen molar-refractivity contribution in [1.82, 2.24) is 0 Å². The van der Waals surface area contributed by atoms with Gasteiger partial charge in [0.05, 0.1) is 6.61 Å². The van der Waals surface area contributed by atoms with Crippen LogP contribution >= 0.6 is 0 Å². The lowest BCUT2D eigenvalue weighted by molar-refractivity contribution is -0.150. The van der Waals surface area contributed by atoms with E-state index in [0.29, 0.717) is 31.7 Å². The number of hydrogen-bond acceptors (Lipinski definition) is 4. The van der Waals surface area contributed by atoms with Crippen LogP contribution in [0.5, 0.6) is 0 Å². The molecule has 0 saturated carbocycles. The fourth-order valence-electron chi connectivity index (χ4n) is 2.21. The smallest absolute Gasteiger partial charge is 0.332 e. The summed E-state index contributed by atoms with van der Waals surface area (Å²) in [4.78, 5) is 23.0. The van der Waals surface area contributed by atoms with Crippen LogP contribution in [0, 0.1) is 0 Å². The number of carbonyl (C=O) groups is 2. The Balaban J connectivity index is 1.98. The van der Waals surface area contributed by atoms with Gasteiger partial charge in [0.1, 0.15) is 6.10 Å². The molecule has 1 saturated heterocycles. The first kappa shape index (κ1) is 15.5. The molecule has 0 bridgehead atoms. The van der Waals surface area contributed by atoms with Gasteiger partial charge in [-0.05, 0) is 25.8 Å². The van der Waals surface area contributed by atoms with Crippen molar-refractivity contribution in [1.29, 1.82) is 0 Å². The van der Waals surface area contributed by atoms with Gasteiger partial charge in [-0.3, -0.25) is 4.79 Å². The van der Waals surface area contributed by atoms with Gasteiger partial charge in [0.15, 0.2) is 6.10 Å². The number of hydrogen-bond donors (Lipinski definition) is 2. The Labute approximate surface area is 123 Å². The summed E-state index contributed by atoms with van der Waals surface area (Å²) >= 11 is 0. The minimum atomic E-state index is -1.03. The van der Waals surface area contributed by atoms with Crippen LogP contribution in [0.25, 0.3) is 0 Å². The molecule has 2 N–H and O–H groups in total. The molecular weight excluding hydrogens is 274 g/mol. The quantitative estimate of drug-likeness (QED) is 0.835. The highest BCUT2D eigenvalue weighted by Crippen LogP contribution is 2.23. The number of carboxylic acid groups (broad SMARTS) is 1. The third-order valence-electron chi connectivity index (χ3n) is 3.32. The van der Waals surface area contributed by atoms with E-state index in [1.165, 1.54) is 0 Å². The third kappa shape index (κ3) is 4.03. The van der Waals surface area contributed by atoms with Crippen LogP contribution < -0.4 is 5.32 Å². The Morgan fingerprint density at radius 2 is 2.05 bits per heavy atom. The van der Waals surface area contributed by atoms with E-state index in [1.54, 1.807) is 6.07 Å². The second kappa shape index (κ2) is 7.19. The average Bonchev–Trinajstić information content (AvgIpc) is 2.96. The lowest BCUT2D eigenvalue weighted by Gasteiger charge is -2.14. The van der Waals surface area contributed by atoms with Crippen LogP contribution in [-0.2, 0) is 25.7 Å². The van der Waals surface area contributed by atoms with Crippen LogP contribution in [0.3, 0.4) is 0 Å². The second-order valence-corrected chi connectivity index (χ2v) is 4.81. The van der Waals surface area contributed by atoms with Crippen molar-refractivity contribution in [3.63, 3.8) is 0 Å². The molecule has 0 aromatic heterocycles. The number of ether oxygens (including phenoxy) is 2. The zero-order valence-corrected chi connectivity index (χ0v) is 11.9. The van der Waals surface area contributed by atoms with Crippen LogP contribution in [0.15, 0.2) is 24.3 Å². The fraction of sp³-hybridized carbons (Fsp3) is 0.467. The second-order valence-electron chi connectivity index (χ2n) is 4.81. The van der Waals surface area contributed by atoms with E-state index in [4.69, 9.17) is 14.6 Å². The maximum Gasteiger partial charge on any atom is 0.332 e. The Bertz CT molecular complexity index is 517. The molecule has 1 aliphatic rings. The summed E-state index contributed by atoms with van der Waals surface area (Å²) in [6.45, 7) is 2.91. The number of aliphatic carboxylic acids is 1. The Morgan fingerprint density at radius 1 is 1.33 bits per heavy atom. The summed E-state index contributed by atoms with van der Waals surface area (Å²) in [7, 11) is 0. The van der Waals surface area contributed by atoms with Crippen molar-refractivity contribution in [2.75, 3.05) is 11.9 Å². The molecule has 1 aromatic carbocycles. The van der Waals surface area contributed by atoms with Crippen LogP contribution in [0.1, 0.15) is 25.3 Å². The summed E-state index contributed by atoms with van der Waals surface area (Å²) in [5.41, 5.74) is 1.54. The van der Waals surface area contributed by atoms with Gasteiger partial charge in [0.2, 0.25) is 0 Å². The van der Waals surface area contributed by atoms with Crippen LogP contribution in [0.4, 0.5) is 5.69 Å². The normalized spacial score (nSPS) is 21.2. The highest BCUT2D eigenvalue weighted by molar-refractivity contribution is 5.95. The lowest BCUT2D eigenvalue weighted by atomic mass is 10.1. The van der Waals surface area contributed by atoms with Crippen molar-refractivity contribution >= 4 is 17.6 Å². The first-order valence-corrected chi connectivity index (χ1v) is 6.96. The van der Waals surface area contributed by atoms with Crippen molar-refractivity contribution in [2.45, 2.75) is 38.6 Å². The summed E-state index contributed by atoms with van der Waals surface area (Å²) < 4.78 is 10.6. The first-order chi connectivity index (χ1) is 10.1. The molecule has 0 unspecified atom stereocenters. The molecule has 114 valence electrons. The highest BCUT2D eigenvalue weighted by Gasteiger charge is 2.34. The molecule has 0 aliphatic carbocycles. The van der Waals surface area contributed by atoms with E-state index < -0.39 is 18.2 Å². The molecule has 21 heavy (non-hydrogen) atoms. The number of rotatable bonds is 6. The van der Waals surface area contributed by atoms with Crippen molar-refractivity contribution in [2.24, 2.45) is 0 Å². The molecule has 1 amide bonds. The van der Waals surface area contributed by atoms with Gasteiger partial charge < -0.3 is 19.9 Å². The van der Waals surface area contributed by atoms with Gasteiger partial charge in [0.25, 0.3) is 5.91 Å². The van der Waals surface area contributed by atoms with Gasteiger partial charge in [0, 0.05) is 17.9 Å².